The number of hydrogen-bond donors (Lipinski definition) is 0. The molecule has 0 spiro atoms. The molecule has 0 amide bonds. The maximum atomic E-state index is 10.9. The predicted octanol–water partition coefficient (Wildman–Crippen LogP) is 3.79. The van der Waals surface area contributed by atoms with Gasteiger partial charge < -0.3 is 0 Å². The highest BCUT2D eigenvalue weighted by Gasteiger charge is 2.15. The molecule has 1 rings (SSSR count). The van der Waals surface area contributed by atoms with Gasteiger partial charge in [-0.1, -0.05) is 18.3 Å². The van der Waals surface area contributed by atoms with E-state index in [0.29, 0.717) is 4.58 Å². The van der Waals surface area contributed by atoms with Crippen LogP contribution >= 0.6 is 47.0 Å². The molecule has 1 nitrogen and oxygen atoms in total. The summed E-state index contributed by atoms with van der Waals surface area (Å²) >= 11 is 6.95. The van der Waals surface area contributed by atoms with Gasteiger partial charge in [-0.15, -0.1) is 35.3 Å². The highest BCUT2D eigenvalue weighted by atomic mass is 32.2. The first kappa shape index (κ1) is 12.6. The van der Waals surface area contributed by atoms with Crippen LogP contribution < -0.4 is 0 Å². The third kappa shape index (κ3) is 4.87. The van der Waals surface area contributed by atoms with E-state index in [4.69, 9.17) is 0 Å². The standard InChI is InChI=1S/C9H12OS4/c1-3-8(10)13-6-11-5-9-12-4-7(2)14-9/h3-4,9H,1,5-6H2,2H3. The van der Waals surface area contributed by atoms with Gasteiger partial charge >= 0.3 is 0 Å². The van der Waals surface area contributed by atoms with Crippen LogP contribution in [0.15, 0.2) is 23.0 Å². The van der Waals surface area contributed by atoms with Crippen LogP contribution in [-0.2, 0) is 4.79 Å². The number of thioether (sulfide) groups is 4. The van der Waals surface area contributed by atoms with Gasteiger partial charge in [0.2, 0.25) is 5.12 Å². The van der Waals surface area contributed by atoms with Crippen LogP contribution in [0.1, 0.15) is 6.92 Å². The van der Waals surface area contributed by atoms with E-state index in [-0.39, 0.29) is 5.12 Å². The summed E-state index contributed by atoms with van der Waals surface area (Å²) in [5, 5.41) is 3.11. The summed E-state index contributed by atoms with van der Waals surface area (Å²) in [5.74, 6) is 1.10. The fraction of sp³-hybridized carbons (Fsp3) is 0.444. The summed E-state index contributed by atoms with van der Waals surface area (Å²) in [6.07, 6.45) is 1.37. The lowest BCUT2D eigenvalue weighted by Gasteiger charge is -2.06. The highest BCUT2D eigenvalue weighted by Crippen LogP contribution is 2.41. The second kappa shape index (κ2) is 6.93. The molecule has 5 heteroatoms. The van der Waals surface area contributed by atoms with Crippen molar-refractivity contribution in [2.45, 2.75) is 11.5 Å². The van der Waals surface area contributed by atoms with E-state index in [9.17, 15) is 4.79 Å². The third-order valence-electron chi connectivity index (χ3n) is 1.41. The van der Waals surface area contributed by atoms with Crippen molar-refractivity contribution in [2.24, 2.45) is 0 Å². The largest absolute Gasteiger partial charge is 0.282 e. The molecule has 1 heterocycles. The minimum atomic E-state index is 0.0681. The summed E-state index contributed by atoms with van der Waals surface area (Å²) in [6.45, 7) is 5.57. The Balaban J connectivity index is 2.00. The maximum absolute atomic E-state index is 10.9. The molecule has 0 bridgehead atoms. The number of rotatable bonds is 5. The normalized spacial score (nSPS) is 20.6. The van der Waals surface area contributed by atoms with Gasteiger partial charge in [0.05, 0.1) is 4.58 Å². The minimum Gasteiger partial charge on any atom is -0.282 e. The Morgan fingerprint density at radius 3 is 3.14 bits per heavy atom. The zero-order valence-corrected chi connectivity index (χ0v) is 11.2. The Morgan fingerprint density at radius 1 is 1.79 bits per heavy atom. The molecule has 0 N–H and O–H groups in total. The van der Waals surface area contributed by atoms with E-state index in [2.05, 4.69) is 18.9 Å². The van der Waals surface area contributed by atoms with Gasteiger partial charge in [-0.3, -0.25) is 4.79 Å². The fourth-order valence-electron chi connectivity index (χ4n) is 0.811. The average molecular weight is 264 g/mol. The first-order chi connectivity index (χ1) is 6.72. The van der Waals surface area contributed by atoms with Crippen LogP contribution in [0.3, 0.4) is 0 Å². The molecule has 1 aliphatic heterocycles. The van der Waals surface area contributed by atoms with Crippen molar-refractivity contribution in [1.29, 1.82) is 0 Å². The molecule has 0 aromatic heterocycles. The molecule has 0 aromatic carbocycles. The number of hydrogen-bond acceptors (Lipinski definition) is 5. The maximum Gasteiger partial charge on any atom is 0.212 e. The van der Waals surface area contributed by atoms with E-state index >= 15 is 0 Å². The third-order valence-corrected chi connectivity index (χ3v) is 6.64. The lowest BCUT2D eigenvalue weighted by molar-refractivity contribution is -0.107. The van der Waals surface area contributed by atoms with E-state index in [1.807, 2.05) is 35.3 Å². The Morgan fingerprint density at radius 2 is 2.57 bits per heavy atom. The van der Waals surface area contributed by atoms with Crippen molar-refractivity contribution in [1.82, 2.24) is 0 Å². The van der Waals surface area contributed by atoms with Gasteiger partial charge in [0, 0.05) is 10.8 Å². The second-order valence-corrected chi connectivity index (χ2v) is 7.77. The van der Waals surface area contributed by atoms with Gasteiger partial charge in [-0.05, 0) is 23.3 Å². The summed E-state index contributed by atoms with van der Waals surface area (Å²) in [7, 11) is 0. The highest BCUT2D eigenvalue weighted by molar-refractivity contribution is 8.26. The number of allylic oxidation sites excluding steroid dienone is 1. The fourth-order valence-corrected chi connectivity index (χ4v) is 5.46. The molecule has 78 valence electrons. The van der Waals surface area contributed by atoms with Gasteiger partial charge in [0.15, 0.2) is 0 Å². The SMILES string of the molecule is C=CC(=O)SCSCC1SC=C(C)S1. The first-order valence-electron chi connectivity index (χ1n) is 4.08. The summed E-state index contributed by atoms with van der Waals surface area (Å²) in [5.41, 5.74) is 0. The van der Waals surface area contributed by atoms with E-state index in [1.165, 1.54) is 22.7 Å². The number of carbonyl (C=O) groups is 1. The predicted molar refractivity (Wildman–Crippen MR) is 72.8 cm³/mol. The van der Waals surface area contributed by atoms with E-state index < -0.39 is 0 Å². The molecule has 0 saturated heterocycles. The molecule has 1 aliphatic rings. The topological polar surface area (TPSA) is 17.1 Å². The smallest absolute Gasteiger partial charge is 0.212 e. The zero-order chi connectivity index (χ0) is 10.4. The Kier molecular flexibility index (Phi) is 6.25. The minimum absolute atomic E-state index is 0.0681. The van der Waals surface area contributed by atoms with Crippen molar-refractivity contribution in [3.05, 3.63) is 23.0 Å². The average Bonchev–Trinajstić information content (AvgIpc) is 2.58. The van der Waals surface area contributed by atoms with Gasteiger partial charge in [0.25, 0.3) is 0 Å². The van der Waals surface area contributed by atoms with Crippen molar-refractivity contribution >= 4 is 52.2 Å². The summed E-state index contributed by atoms with van der Waals surface area (Å²) < 4.78 is 0.638. The number of carbonyl (C=O) groups excluding carboxylic acids is 1. The quantitative estimate of drug-likeness (QED) is 0.425. The summed E-state index contributed by atoms with van der Waals surface area (Å²) in [6, 6.07) is 0. The lowest BCUT2D eigenvalue weighted by Crippen LogP contribution is -1.96. The molecule has 0 fully saturated rings. The van der Waals surface area contributed by atoms with Crippen LogP contribution in [0.2, 0.25) is 0 Å². The van der Waals surface area contributed by atoms with Crippen LogP contribution in [0.5, 0.6) is 0 Å². The Hall–Kier alpha value is 0.550. The molecule has 0 aliphatic carbocycles. The van der Waals surface area contributed by atoms with Crippen molar-refractivity contribution in [3.8, 4) is 0 Å². The van der Waals surface area contributed by atoms with Gasteiger partial charge in [-0.25, -0.2) is 0 Å². The Labute approximate surface area is 102 Å². The van der Waals surface area contributed by atoms with Gasteiger partial charge in [-0.2, -0.15) is 0 Å². The first-order valence-corrected chi connectivity index (χ1v) is 8.04. The Bertz CT molecular complexity index is 249. The molecule has 1 atom stereocenters. The van der Waals surface area contributed by atoms with E-state index in [0.717, 1.165) is 10.8 Å². The molecular formula is C9H12OS4. The van der Waals surface area contributed by atoms with Crippen LogP contribution in [0.25, 0.3) is 0 Å². The van der Waals surface area contributed by atoms with Gasteiger partial charge in [0.1, 0.15) is 0 Å². The van der Waals surface area contributed by atoms with E-state index in [1.54, 1.807) is 0 Å². The monoisotopic (exact) mass is 264 g/mol. The van der Waals surface area contributed by atoms with Crippen LogP contribution in [0.4, 0.5) is 0 Å². The molecule has 0 aromatic rings. The zero-order valence-electron chi connectivity index (χ0n) is 7.89. The molecule has 0 radical (unpaired) electrons. The summed E-state index contributed by atoms with van der Waals surface area (Å²) in [4.78, 5) is 12.3. The van der Waals surface area contributed by atoms with Crippen molar-refractivity contribution in [3.63, 3.8) is 0 Å². The van der Waals surface area contributed by atoms with Crippen molar-refractivity contribution < 1.29 is 4.79 Å². The second-order valence-electron chi connectivity index (χ2n) is 2.57. The molecule has 14 heavy (non-hydrogen) atoms. The lowest BCUT2D eigenvalue weighted by atomic mass is 10.7. The van der Waals surface area contributed by atoms with Crippen LogP contribution in [-0.4, -0.2) is 20.5 Å². The molecule has 0 saturated carbocycles. The molecule has 1 unspecified atom stereocenters. The molecular weight excluding hydrogens is 252 g/mol. The van der Waals surface area contributed by atoms with Crippen LogP contribution in [0, 0.1) is 0 Å². The van der Waals surface area contributed by atoms with Crippen molar-refractivity contribution in [2.75, 3.05) is 10.8 Å².